The average Bonchev–Trinajstić information content (AvgIpc) is 2.78. The number of nitrogens with zero attached hydrogens (tertiary/aromatic N) is 2. The lowest BCUT2D eigenvalue weighted by Crippen LogP contribution is -2.43. The second-order valence-electron chi connectivity index (χ2n) is 5.56. The predicted octanol–water partition coefficient (Wildman–Crippen LogP) is 2.21. The van der Waals surface area contributed by atoms with Gasteiger partial charge in [-0.15, -0.1) is 0 Å². The summed E-state index contributed by atoms with van der Waals surface area (Å²) in [5, 5.41) is 6.94. The molecule has 2 atom stereocenters. The third-order valence-electron chi connectivity index (χ3n) is 4.32. The fourth-order valence-corrected chi connectivity index (χ4v) is 3.01. The summed E-state index contributed by atoms with van der Waals surface area (Å²) >= 11 is 0. The molecule has 1 saturated carbocycles. The van der Waals surface area contributed by atoms with Crippen LogP contribution in [0.5, 0.6) is 0 Å². The molecule has 0 radical (unpaired) electrons. The van der Waals surface area contributed by atoms with E-state index in [-0.39, 0.29) is 5.91 Å². The van der Waals surface area contributed by atoms with Crippen molar-refractivity contribution in [2.24, 2.45) is 5.92 Å². The number of aryl methyl sites for hydroxylation is 1. The number of carbonyl (C=O) groups excluding carboxylic acids is 1. The van der Waals surface area contributed by atoms with E-state index in [1.54, 1.807) is 0 Å². The maximum Gasteiger partial charge on any atom is 0.276 e. The van der Waals surface area contributed by atoms with Crippen LogP contribution in [0.1, 0.15) is 55.7 Å². The molecule has 1 heterocycles. The Morgan fingerprint density at radius 3 is 2.74 bits per heavy atom. The molecule has 2 unspecified atom stereocenters. The molecule has 5 nitrogen and oxygen atoms in total. The summed E-state index contributed by atoms with van der Waals surface area (Å²) in [7, 11) is 1.87. The van der Waals surface area contributed by atoms with E-state index >= 15 is 0 Å². The number of nitrogens with one attached hydrogen (secondary N) is 1. The van der Waals surface area contributed by atoms with Gasteiger partial charge in [-0.25, -0.2) is 0 Å². The molecule has 19 heavy (non-hydrogen) atoms. The van der Waals surface area contributed by atoms with Crippen molar-refractivity contribution in [3.05, 3.63) is 11.4 Å². The Bertz CT molecular complexity index is 454. The highest BCUT2D eigenvalue weighted by molar-refractivity contribution is 5.97. The van der Waals surface area contributed by atoms with Gasteiger partial charge in [-0.2, -0.15) is 5.10 Å². The molecule has 1 aliphatic carbocycles. The molecule has 2 rings (SSSR count). The monoisotopic (exact) mass is 264 g/mol. The molecule has 106 valence electrons. The standard InChI is InChI=1S/C14H24N4O/c1-4-10-12(15)13(17-16-10)14(19)18(3)11-8-6-5-7-9(11)2/h9,11H,4-8,15H2,1-3H3,(H,16,17). The fourth-order valence-electron chi connectivity index (χ4n) is 3.01. The molecule has 5 heteroatoms. The van der Waals surface area contributed by atoms with Crippen LogP contribution in [0.25, 0.3) is 0 Å². The summed E-state index contributed by atoms with van der Waals surface area (Å²) in [5.74, 6) is 0.487. The Kier molecular flexibility index (Phi) is 4.12. The van der Waals surface area contributed by atoms with Crippen LogP contribution in [-0.2, 0) is 6.42 Å². The molecule has 0 bridgehead atoms. The number of hydrogen-bond donors (Lipinski definition) is 2. The van der Waals surface area contributed by atoms with E-state index in [9.17, 15) is 4.79 Å². The predicted molar refractivity (Wildman–Crippen MR) is 75.9 cm³/mol. The minimum Gasteiger partial charge on any atom is -0.395 e. The van der Waals surface area contributed by atoms with Gasteiger partial charge in [0.1, 0.15) is 0 Å². The van der Waals surface area contributed by atoms with Gasteiger partial charge in [0.05, 0.1) is 11.4 Å². The highest BCUT2D eigenvalue weighted by Gasteiger charge is 2.30. The van der Waals surface area contributed by atoms with Crippen molar-refractivity contribution in [3.8, 4) is 0 Å². The zero-order chi connectivity index (χ0) is 14.0. The molecular formula is C14H24N4O. The summed E-state index contributed by atoms with van der Waals surface area (Å²) in [6, 6.07) is 0.308. The van der Waals surface area contributed by atoms with Crippen LogP contribution in [0.3, 0.4) is 0 Å². The van der Waals surface area contributed by atoms with Gasteiger partial charge in [0, 0.05) is 13.1 Å². The Balaban J connectivity index is 2.16. The van der Waals surface area contributed by atoms with E-state index in [1.807, 2.05) is 18.9 Å². The molecule has 1 fully saturated rings. The number of H-pyrrole nitrogens is 1. The van der Waals surface area contributed by atoms with Crippen molar-refractivity contribution < 1.29 is 4.79 Å². The first kappa shape index (κ1) is 13.9. The third kappa shape index (κ3) is 2.60. The third-order valence-corrected chi connectivity index (χ3v) is 4.32. The van der Waals surface area contributed by atoms with Gasteiger partial charge in [-0.3, -0.25) is 9.89 Å². The van der Waals surface area contributed by atoms with Crippen LogP contribution in [0.2, 0.25) is 0 Å². The van der Waals surface area contributed by atoms with Gasteiger partial charge in [-0.05, 0) is 25.2 Å². The van der Waals surface area contributed by atoms with Crippen LogP contribution in [-0.4, -0.2) is 34.1 Å². The lowest BCUT2D eigenvalue weighted by molar-refractivity contribution is 0.0624. The largest absolute Gasteiger partial charge is 0.395 e. The Morgan fingerprint density at radius 1 is 1.47 bits per heavy atom. The molecule has 1 amide bonds. The van der Waals surface area contributed by atoms with Crippen LogP contribution in [0.15, 0.2) is 0 Å². The van der Waals surface area contributed by atoms with Gasteiger partial charge >= 0.3 is 0 Å². The van der Waals surface area contributed by atoms with Crippen LogP contribution in [0, 0.1) is 5.92 Å². The molecule has 1 aromatic heterocycles. The number of hydrogen-bond acceptors (Lipinski definition) is 3. The van der Waals surface area contributed by atoms with Crippen molar-refractivity contribution in [1.82, 2.24) is 15.1 Å². The van der Waals surface area contributed by atoms with Crippen LogP contribution in [0.4, 0.5) is 5.69 Å². The lowest BCUT2D eigenvalue weighted by Gasteiger charge is -2.36. The minimum atomic E-state index is -0.0628. The smallest absolute Gasteiger partial charge is 0.276 e. The van der Waals surface area contributed by atoms with E-state index < -0.39 is 0 Å². The summed E-state index contributed by atoms with van der Waals surface area (Å²) in [6.45, 7) is 4.21. The molecule has 3 N–H and O–H groups in total. The summed E-state index contributed by atoms with van der Waals surface area (Å²) < 4.78 is 0. The number of aromatic nitrogens is 2. The molecular weight excluding hydrogens is 240 g/mol. The topological polar surface area (TPSA) is 75.0 Å². The van der Waals surface area contributed by atoms with E-state index in [0.29, 0.717) is 23.3 Å². The normalized spacial score (nSPS) is 23.3. The molecule has 0 saturated heterocycles. The summed E-state index contributed by atoms with van der Waals surface area (Å²) in [6.07, 6.45) is 5.50. The zero-order valence-electron chi connectivity index (χ0n) is 12.1. The number of nitrogen functional groups attached to an aromatic ring is 1. The number of anilines is 1. The lowest BCUT2D eigenvalue weighted by atomic mass is 9.85. The molecule has 1 aromatic rings. The van der Waals surface area contributed by atoms with E-state index in [4.69, 9.17) is 5.73 Å². The quantitative estimate of drug-likeness (QED) is 0.879. The van der Waals surface area contributed by atoms with Gasteiger partial charge in [0.2, 0.25) is 0 Å². The van der Waals surface area contributed by atoms with E-state index in [2.05, 4.69) is 17.1 Å². The Labute approximate surface area is 114 Å². The van der Waals surface area contributed by atoms with Gasteiger partial charge in [-0.1, -0.05) is 26.7 Å². The first-order chi connectivity index (χ1) is 9.06. The molecule has 1 aliphatic rings. The van der Waals surface area contributed by atoms with Crippen molar-refractivity contribution in [2.75, 3.05) is 12.8 Å². The number of rotatable bonds is 3. The van der Waals surface area contributed by atoms with Crippen molar-refractivity contribution in [1.29, 1.82) is 0 Å². The first-order valence-corrected chi connectivity index (χ1v) is 7.16. The molecule has 0 spiro atoms. The van der Waals surface area contributed by atoms with Gasteiger partial charge in [0.15, 0.2) is 5.69 Å². The number of amides is 1. The highest BCUT2D eigenvalue weighted by Crippen LogP contribution is 2.28. The Morgan fingerprint density at radius 2 is 2.16 bits per heavy atom. The van der Waals surface area contributed by atoms with Gasteiger partial charge < -0.3 is 10.6 Å². The zero-order valence-corrected chi connectivity index (χ0v) is 12.1. The minimum absolute atomic E-state index is 0.0628. The van der Waals surface area contributed by atoms with Crippen LogP contribution >= 0.6 is 0 Å². The SMILES string of the molecule is CCc1[nH]nc(C(=O)N(C)C2CCCCC2C)c1N. The maximum absolute atomic E-state index is 12.5. The average molecular weight is 264 g/mol. The highest BCUT2D eigenvalue weighted by atomic mass is 16.2. The van der Waals surface area contributed by atoms with Crippen molar-refractivity contribution in [2.45, 2.75) is 52.0 Å². The van der Waals surface area contributed by atoms with Crippen molar-refractivity contribution in [3.63, 3.8) is 0 Å². The second-order valence-corrected chi connectivity index (χ2v) is 5.56. The first-order valence-electron chi connectivity index (χ1n) is 7.16. The van der Waals surface area contributed by atoms with Gasteiger partial charge in [0.25, 0.3) is 5.91 Å². The number of aromatic amines is 1. The number of carbonyl (C=O) groups is 1. The van der Waals surface area contributed by atoms with Crippen molar-refractivity contribution >= 4 is 11.6 Å². The van der Waals surface area contributed by atoms with Crippen LogP contribution < -0.4 is 5.73 Å². The summed E-state index contributed by atoms with van der Waals surface area (Å²) in [5.41, 5.74) is 7.69. The summed E-state index contributed by atoms with van der Waals surface area (Å²) in [4.78, 5) is 14.3. The molecule has 0 aromatic carbocycles. The fraction of sp³-hybridized carbons (Fsp3) is 0.714. The molecule has 0 aliphatic heterocycles. The number of nitrogens with two attached hydrogens (primary N) is 1. The Hall–Kier alpha value is -1.52. The van der Waals surface area contributed by atoms with E-state index in [0.717, 1.165) is 18.5 Å². The maximum atomic E-state index is 12.5. The van der Waals surface area contributed by atoms with E-state index in [1.165, 1.54) is 19.3 Å². The second kappa shape index (κ2) is 5.63.